The lowest BCUT2D eigenvalue weighted by molar-refractivity contribution is -0.192. The van der Waals surface area contributed by atoms with Gasteiger partial charge < -0.3 is 19.8 Å². The van der Waals surface area contributed by atoms with E-state index in [-0.39, 0.29) is 6.42 Å². The van der Waals surface area contributed by atoms with Gasteiger partial charge in [0.1, 0.15) is 5.75 Å². The number of carboxylic acids is 2. The molecule has 0 fully saturated rings. The third-order valence-corrected chi connectivity index (χ3v) is 6.25. The quantitative estimate of drug-likeness (QED) is 0.186. The van der Waals surface area contributed by atoms with Gasteiger partial charge in [-0.2, -0.15) is 13.2 Å². The van der Waals surface area contributed by atoms with Crippen molar-refractivity contribution in [3.05, 3.63) is 102 Å². The molecule has 0 spiro atoms. The number of carbonyl (C=O) groups is 2. The van der Waals surface area contributed by atoms with Gasteiger partial charge >= 0.3 is 18.1 Å². The van der Waals surface area contributed by atoms with Crippen LogP contribution in [0.2, 0.25) is 0 Å². The standard InChI is InChI=1S/C30H37NO3.C2HF3O2/c32-30(33)21-24-31(22-7-14-26-10-3-1-4-11-26)23-8-15-28-17-19-29(20-18-28)34-25-9-16-27-12-5-2-6-13-27;3-2(4,5)1(6)7/h1-6,10-13,17-20H,7-9,14-16,21-25H2,(H,32,33);(H,6,7). The average molecular weight is 574 g/mol. The van der Waals surface area contributed by atoms with Crippen molar-refractivity contribution in [3.63, 3.8) is 0 Å². The Kier molecular flexibility index (Phi) is 15.0. The molecule has 0 aliphatic carbocycles. The molecule has 0 aliphatic rings. The number of benzene rings is 3. The number of hydrogen-bond acceptors (Lipinski definition) is 4. The maximum Gasteiger partial charge on any atom is 0.490 e. The minimum Gasteiger partial charge on any atom is -0.494 e. The number of carboxylic acid groups (broad SMARTS) is 2. The fourth-order valence-corrected chi connectivity index (χ4v) is 4.11. The van der Waals surface area contributed by atoms with Crippen LogP contribution in [0.3, 0.4) is 0 Å². The molecule has 0 saturated carbocycles. The van der Waals surface area contributed by atoms with E-state index in [0.29, 0.717) is 6.54 Å². The van der Waals surface area contributed by atoms with Gasteiger partial charge in [0, 0.05) is 6.54 Å². The second-order valence-electron chi connectivity index (χ2n) is 9.56. The Labute approximate surface area is 239 Å². The first-order valence-corrected chi connectivity index (χ1v) is 13.7. The second-order valence-corrected chi connectivity index (χ2v) is 9.56. The predicted molar refractivity (Wildman–Crippen MR) is 152 cm³/mol. The predicted octanol–water partition coefficient (Wildman–Crippen LogP) is 6.67. The van der Waals surface area contributed by atoms with E-state index in [1.807, 2.05) is 12.1 Å². The van der Waals surface area contributed by atoms with E-state index in [1.54, 1.807) is 0 Å². The summed E-state index contributed by atoms with van der Waals surface area (Å²) in [5.41, 5.74) is 3.97. The van der Waals surface area contributed by atoms with Crippen molar-refractivity contribution in [1.82, 2.24) is 4.90 Å². The smallest absolute Gasteiger partial charge is 0.490 e. The Hall–Kier alpha value is -3.85. The van der Waals surface area contributed by atoms with Gasteiger partial charge in [-0.15, -0.1) is 0 Å². The number of hydrogen-bond donors (Lipinski definition) is 2. The fraction of sp³-hybridized carbons (Fsp3) is 0.375. The van der Waals surface area contributed by atoms with Crippen LogP contribution in [-0.2, 0) is 28.9 Å². The fourth-order valence-electron chi connectivity index (χ4n) is 4.11. The summed E-state index contributed by atoms with van der Waals surface area (Å²) < 4.78 is 37.6. The van der Waals surface area contributed by atoms with Crippen molar-refractivity contribution in [3.8, 4) is 5.75 Å². The number of aliphatic carboxylic acids is 2. The van der Waals surface area contributed by atoms with Crippen LogP contribution in [0.25, 0.3) is 0 Å². The van der Waals surface area contributed by atoms with Crippen LogP contribution in [0, 0.1) is 0 Å². The van der Waals surface area contributed by atoms with Crippen LogP contribution in [0.5, 0.6) is 5.75 Å². The topological polar surface area (TPSA) is 87.1 Å². The Balaban J connectivity index is 0.000000745. The minimum absolute atomic E-state index is 0.196. The number of alkyl halides is 3. The van der Waals surface area contributed by atoms with E-state index in [4.69, 9.17) is 19.7 Å². The highest BCUT2D eigenvalue weighted by molar-refractivity contribution is 5.73. The Morgan fingerprint density at radius 1 is 0.659 bits per heavy atom. The summed E-state index contributed by atoms with van der Waals surface area (Å²) in [6.45, 7) is 3.17. The van der Waals surface area contributed by atoms with E-state index < -0.39 is 18.1 Å². The zero-order valence-corrected chi connectivity index (χ0v) is 23.1. The van der Waals surface area contributed by atoms with E-state index in [0.717, 1.165) is 64.0 Å². The Morgan fingerprint density at radius 3 is 1.54 bits per heavy atom. The molecule has 3 aromatic carbocycles. The van der Waals surface area contributed by atoms with Crippen LogP contribution in [0.15, 0.2) is 84.9 Å². The molecule has 0 saturated heterocycles. The van der Waals surface area contributed by atoms with Crippen LogP contribution in [0.4, 0.5) is 13.2 Å². The van der Waals surface area contributed by atoms with Crippen molar-refractivity contribution in [1.29, 1.82) is 0 Å². The highest BCUT2D eigenvalue weighted by Crippen LogP contribution is 2.15. The molecule has 0 amide bonds. The highest BCUT2D eigenvalue weighted by Gasteiger charge is 2.38. The molecule has 6 nitrogen and oxygen atoms in total. The van der Waals surface area contributed by atoms with Gasteiger partial charge in [-0.3, -0.25) is 4.79 Å². The van der Waals surface area contributed by atoms with Gasteiger partial charge in [0.05, 0.1) is 13.0 Å². The molecule has 0 heterocycles. The summed E-state index contributed by atoms with van der Waals surface area (Å²) in [7, 11) is 0. The van der Waals surface area contributed by atoms with Gasteiger partial charge in [-0.25, -0.2) is 4.79 Å². The molecule has 3 aromatic rings. The molecule has 222 valence electrons. The molecule has 9 heteroatoms. The summed E-state index contributed by atoms with van der Waals surface area (Å²) in [6.07, 6.45) is 1.21. The minimum atomic E-state index is -5.08. The maximum absolute atomic E-state index is 11.1. The Morgan fingerprint density at radius 2 is 1.10 bits per heavy atom. The van der Waals surface area contributed by atoms with Crippen LogP contribution in [-0.4, -0.2) is 59.5 Å². The van der Waals surface area contributed by atoms with Crippen molar-refractivity contribution in [2.45, 2.75) is 51.1 Å². The van der Waals surface area contributed by atoms with Crippen LogP contribution in [0.1, 0.15) is 42.4 Å². The molecule has 0 unspecified atom stereocenters. The first kappa shape index (κ1) is 33.4. The number of rotatable bonds is 16. The second kappa shape index (κ2) is 18.5. The molecule has 0 aromatic heterocycles. The summed E-state index contributed by atoms with van der Waals surface area (Å²) >= 11 is 0. The zero-order valence-electron chi connectivity index (χ0n) is 23.1. The molecule has 0 aliphatic heterocycles. The summed E-state index contributed by atoms with van der Waals surface area (Å²) in [4.78, 5) is 22.2. The number of ether oxygens (including phenoxy) is 1. The first-order chi connectivity index (χ1) is 19.6. The molecule has 2 N–H and O–H groups in total. The molecular weight excluding hydrogens is 535 g/mol. The molecule has 3 rings (SSSR count). The zero-order chi connectivity index (χ0) is 29.9. The van der Waals surface area contributed by atoms with Crippen molar-refractivity contribution in [2.75, 3.05) is 26.2 Å². The molecule has 0 atom stereocenters. The summed E-state index contributed by atoms with van der Waals surface area (Å²) in [5.74, 6) is -2.57. The molecule has 0 radical (unpaired) electrons. The molecular formula is C32H38F3NO5. The largest absolute Gasteiger partial charge is 0.494 e. The van der Waals surface area contributed by atoms with Gasteiger partial charge in [0.2, 0.25) is 0 Å². The molecule has 0 bridgehead atoms. The van der Waals surface area contributed by atoms with E-state index in [9.17, 15) is 18.0 Å². The molecule has 41 heavy (non-hydrogen) atoms. The lowest BCUT2D eigenvalue weighted by Crippen LogP contribution is -2.29. The van der Waals surface area contributed by atoms with E-state index in [2.05, 4.69) is 77.7 Å². The maximum atomic E-state index is 11.1. The average Bonchev–Trinajstić information content (AvgIpc) is 2.95. The first-order valence-electron chi connectivity index (χ1n) is 13.7. The van der Waals surface area contributed by atoms with Crippen LogP contribution < -0.4 is 4.74 Å². The van der Waals surface area contributed by atoms with Gasteiger partial charge in [0.15, 0.2) is 0 Å². The normalized spacial score (nSPS) is 11.0. The lowest BCUT2D eigenvalue weighted by atomic mass is 10.1. The summed E-state index contributed by atoms with van der Waals surface area (Å²) in [5, 5.41) is 16.2. The lowest BCUT2D eigenvalue weighted by Gasteiger charge is -2.21. The monoisotopic (exact) mass is 573 g/mol. The van der Waals surface area contributed by atoms with E-state index in [1.165, 1.54) is 16.7 Å². The van der Waals surface area contributed by atoms with Gasteiger partial charge in [-0.05, 0) is 80.4 Å². The van der Waals surface area contributed by atoms with Crippen molar-refractivity contribution < 1.29 is 37.7 Å². The van der Waals surface area contributed by atoms with Gasteiger partial charge in [-0.1, -0.05) is 72.8 Å². The number of halogens is 3. The van der Waals surface area contributed by atoms with Crippen molar-refractivity contribution in [2.24, 2.45) is 0 Å². The van der Waals surface area contributed by atoms with Crippen molar-refractivity contribution >= 4 is 11.9 Å². The van der Waals surface area contributed by atoms with E-state index >= 15 is 0 Å². The number of nitrogens with zero attached hydrogens (tertiary/aromatic N) is 1. The SMILES string of the molecule is O=C(O)C(F)(F)F.O=C(O)CCN(CCCc1ccccc1)CCCc1ccc(OCCCc2ccccc2)cc1. The third-order valence-electron chi connectivity index (χ3n) is 6.25. The number of aryl methyl sites for hydroxylation is 3. The van der Waals surface area contributed by atoms with Gasteiger partial charge in [0.25, 0.3) is 0 Å². The third kappa shape index (κ3) is 15.5. The Bertz CT molecular complexity index is 1140. The highest BCUT2D eigenvalue weighted by atomic mass is 19.4. The van der Waals surface area contributed by atoms with Crippen LogP contribution >= 0.6 is 0 Å². The summed E-state index contributed by atoms with van der Waals surface area (Å²) in [6, 6.07) is 29.4.